The second kappa shape index (κ2) is 5.53. The first kappa shape index (κ1) is 14.2. The van der Waals surface area contributed by atoms with Crippen molar-refractivity contribution in [1.82, 2.24) is 9.88 Å². The molecule has 1 aromatic rings. The van der Waals surface area contributed by atoms with Crippen molar-refractivity contribution in [3.63, 3.8) is 0 Å². The van der Waals surface area contributed by atoms with E-state index in [2.05, 4.69) is 28.6 Å². The molecule has 3 nitrogen and oxygen atoms in total. The molecule has 1 atom stereocenters. The van der Waals surface area contributed by atoms with Crippen molar-refractivity contribution >= 4 is 17.4 Å². The average Bonchev–Trinajstić information content (AvgIpc) is 2.80. The first-order chi connectivity index (χ1) is 9.53. The van der Waals surface area contributed by atoms with Gasteiger partial charge in [-0.05, 0) is 36.8 Å². The molecule has 1 aliphatic heterocycles. The predicted molar refractivity (Wildman–Crippen MR) is 84.5 cm³/mol. The van der Waals surface area contributed by atoms with Gasteiger partial charge in [0, 0.05) is 38.4 Å². The van der Waals surface area contributed by atoms with Crippen molar-refractivity contribution in [3.8, 4) is 0 Å². The van der Waals surface area contributed by atoms with E-state index < -0.39 is 0 Å². The molecule has 0 N–H and O–H groups in total. The monoisotopic (exact) mass is 293 g/mol. The largest absolute Gasteiger partial charge is 0.354 e. The van der Waals surface area contributed by atoms with Gasteiger partial charge in [0.05, 0.1) is 5.02 Å². The highest BCUT2D eigenvalue weighted by Gasteiger charge is 2.35. The number of nitrogens with zero attached hydrogens (tertiary/aromatic N) is 3. The zero-order valence-electron chi connectivity index (χ0n) is 12.5. The van der Waals surface area contributed by atoms with Gasteiger partial charge in [-0.15, -0.1) is 0 Å². The van der Waals surface area contributed by atoms with Crippen LogP contribution in [-0.2, 0) is 0 Å². The minimum Gasteiger partial charge on any atom is -0.354 e. The summed E-state index contributed by atoms with van der Waals surface area (Å²) in [4.78, 5) is 9.47. The van der Waals surface area contributed by atoms with Crippen LogP contribution in [0.15, 0.2) is 18.3 Å². The lowest BCUT2D eigenvalue weighted by molar-refractivity contribution is 0.176. The molecule has 3 rings (SSSR count). The van der Waals surface area contributed by atoms with Crippen molar-refractivity contribution in [2.75, 3.05) is 31.1 Å². The molecule has 2 fully saturated rings. The molecule has 0 bridgehead atoms. The number of aromatic nitrogens is 1. The van der Waals surface area contributed by atoms with Crippen LogP contribution in [-0.4, -0.2) is 42.1 Å². The van der Waals surface area contributed by atoms with Gasteiger partial charge in [0.2, 0.25) is 0 Å². The Labute approximate surface area is 126 Å². The summed E-state index contributed by atoms with van der Waals surface area (Å²) in [5.41, 5.74) is 0.541. The Balaban J connectivity index is 1.56. The van der Waals surface area contributed by atoms with Crippen LogP contribution < -0.4 is 4.90 Å². The normalized spacial score (nSPS) is 26.9. The third-order valence-electron chi connectivity index (χ3n) is 4.81. The molecule has 0 spiro atoms. The molecular weight excluding hydrogens is 270 g/mol. The third-order valence-corrected chi connectivity index (χ3v) is 5.03. The Bertz CT molecular complexity index is 449. The van der Waals surface area contributed by atoms with E-state index in [0.29, 0.717) is 10.4 Å². The highest BCUT2D eigenvalue weighted by atomic mass is 35.5. The van der Waals surface area contributed by atoms with E-state index in [1.54, 1.807) is 6.20 Å². The Hall–Kier alpha value is -0.800. The Morgan fingerprint density at radius 1 is 1.20 bits per heavy atom. The summed E-state index contributed by atoms with van der Waals surface area (Å²) in [5, 5.41) is 0.709. The summed E-state index contributed by atoms with van der Waals surface area (Å²) < 4.78 is 0. The number of piperazine rings is 1. The summed E-state index contributed by atoms with van der Waals surface area (Å²) in [6.07, 6.45) is 5.83. The van der Waals surface area contributed by atoms with Gasteiger partial charge in [-0.25, -0.2) is 4.98 Å². The van der Waals surface area contributed by atoms with Crippen LogP contribution >= 0.6 is 11.6 Å². The molecule has 1 aromatic heterocycles. The molecule has 2 aliphatic rings. The van der Waals surface area contributed by atoms with Crippen LogP contribution in [0, 0.1) is 5.41 Å². The SMILES string of the molecule is CC1(C)CCC(N2CCN(c3ccc(Cl)cn3)CC2)C1. The van der Waals surface area contributed by atoms with E-state index in [1.165, 1.54) is 19.3 Å². The second-order valence-electron chi connectivity index (χ2n) is 6.92. The molecule has 2 heterocycles. The van der Waals surface area contributed by atoms with Crippen LogP contribution in [0.1, 0.15) is 33.1 Å². The lowest BCUT2D eigenvalue weighted by Crippen LogP contribution is -2.50. The van der Waals surface area contributed by atoms with E-state index in [0.717, 1.165) is 38.0 Å². The summed E-state index contributed by atoms with van der Waals surface area (Å²) in [6, 6.07) is 4.75. The lowest BCUT2D eigenvalue weighted by atomic mass is 9.91. The van der Waals surface area contributed by atoms with Gasteiger partial charge < -0.3 is 4.90 Å². The van der Waals surface area contributed by atoms with Crippen LogP contribution in [0.5, 0.6) is 0 Å². The second-order valence-corrected chi connectivity index (χ2v) is 7.35. The predicted octanol–water partition coefficient (Wildman–Crippen LogP) is 3.44. The third kappa shape index (κ3) is 3.09. The maximum atomic E-state index is 5.90. The van der Waals surface area contributed by atoms with Crippen molar-refractivity contribution in [2.45, 2.75) is 39.2 Å². The minimum atomic E-state index is 0.541. The average molecular weight is 294 g/mol. The number of rotatable bonds is 2. The summed E-state index contributed by atoms with van der Waals surface area (Å²) >= 11 is 5.90. The molecule has 0 amide bonds. The fourth-order valence-corrected chi connectivity index (χ4v) is 3.69. The van der Waals surface area contributed by atoms with Crippen LogP contribution in [0.25, 0.3) is 0 Å². The number of hydrogen-bond acceptors (Lipinski definition) is 3. The zero-order valence-corrected chi connectivity index (χ0v) is 13.2. The van der Waals surface area contributed by atoms with E-state index in [-0.39, 0.29) is 0 Å². The summed E-state index contributed by atoms with van der Waals surface area (Å²) in [7, 11) is 0. The number of hydrogen-bond donors (Lipinski definition) is 0. The van der Waals surface area contributed by atoms with E-state index in [1.807, 2.05) is 12.1 Å². The highest BCUT2D eigenvalue weighted by Crippen LogP contribution is 2.39. The van der Waals surface area contributed by atoms with Gasteiger partial charge in [0.1, 0.15) is 5.82 Å². The minimum absolute atomic E-state index is 0.541. The van der Waals surface area contributed by atoms with Gasteiger partial charge in [-0.3, -0.25) is 4.90 Å². The van der Waals surface area contributed by atoms with E-state index >= 15 is 0 Å². The van der Waals surface area contributed by atoms with Gasteiger partial charge in [0.15, 0.2) is 0 Å². The molecule has 0 radical (unpaired) electrons. The smallest absolute Gasteiger partial charge is 0.128 e. The quantitative estimate of drug-likeness (QED) is 0.833. The number of halogens is 1. The molecule has 1 aliphatic carbocycles. The summed E-state index contributed by atoms with van der Waals surface area (Å²) in [5.74, 6) is 1.06. The molecule has 0 aromatic carbocycles. The first-order valence-electron chi connectivity index (χ1n) is 7.64. The van der Waals surface area contributed by atoms with E-state index in [9.17, 15) is 0 Å². The Morgan fingerprint density at radius 3 is 2.50 bits per heavy atom. The maximum absolute atomic E-state index is 5.90. The maximum Gasteiger partial charge on any atom is 0.128 e. The van der Waals surface area contributed by atoms with Crippen molar-refractivity contribution in [2.24, 2.45) is 5.41 Å². The van der Waals surface area contributed by atoms with Crippen LogP contribution in [0.2, 0.25) is 5.02 Å². The van der Waals surface area contributed by atoms with Gasteiger partial charge in [0.25, 0.3) is 0 Å². The highest BCUT2D eigenvalue weighted by molar-refractivity contribution is 6.30. The zero-order chi connectivity index (χ0) is 14.2. The molecule has 20 heavy (non-hydrogen) atoms. The fourth-order valence-electron chi connectivity index (χ4n) is 3.58. The molecule has 1 saturated heterocycles. The van der Waals surface area contributed by atoms with Gasteiger partial charge in [-0.2, -0.15) is 0 Å². The number of pyridine rings is 1. The van der Waals surface area contributed by atoms with Gasteiger partial charge >= 0.3 is 0 Å². The van der Waals surface area contributed by atoms with Crippen LogP contribution in [0.3, 0.4) is 0 Å². The summed E-state index contributed by atoms with van der Waals surface area (Å²) in [6.45, 7) is 9.27. The number of anilines is 1. The van der Waals surface area contributed by atoms with Crippen molar-refractivity contribution in [1.29, 1.82) is 0 Å². The van der Waals surface area contributed by atoms with Crippen LogP contribution in [0.4, 0.5) is 5.82 Å². The molecule has 110 valence electrons. The van der Waals surface area contributed by atoms with Crippen molar-refractivity contribution in [3.05, 3.63) is 23.4 Å². The van der Waals surface area contributed by atoms with Crippen molar-refractivity contribution < 1.29 is 0 Å². The lowest BCUT2D eigenvalue weighted by Gasteiger charge is -2.39. The topological polar surface area (TPSA) is 19.4 Å². The molecule has 4 heteroatoms. The fraction of sp³-hybridized carbons (Fsp3) is 0.688. The van der Waals surface area contributed by atoms with Gasteiger partial charge in [-0.1, -0.05) is 25.4 Å². The Kier molecular flexibility index (Phi) is 3.91. The Morgan fingerprint density at radius 2 is 1.95 bits per heavy atom. The molecule has 1 saturated carbocycles. The molecule has 1 unspecified atom stereocenters. The first-order valence-corrected chi connectivity index (χ1v) is 8.02. The standard InChI is InChI=1S/C16H24ClN3/c1-16(2)6-5-14(11-16)19-7-9-20(10-8-19)15-4-3-13(17)12-18-15/h3-4,12,14H,5-11H2,1-2H3. The molecular formula is C16H24ClN3. The van der Waals surface area contributed by atoms with E-state index in [4.69, 9.17) is 11.6 Å².